The van der Waals surface area contributed by atoms with Crippen molar-refractivity contribution >= 4 is 27.3 Å². The molecule has 118 valence electrons. The van der Waals surface area contributed by atoms with Gasteiger partial charge < -0.3 is 11.1 Å². The van der Waals surface area contributed by atoms with E-state index in [0.29, 0.717) is 36.3 Å². The average Bonchev–Trinajstić information content (AvgIpc) is 2.95. The number of rotatable bonds is 5. The normalized spacial score (nSPS) is 17.8. The third-order valence-corrected chi connectivity index (χ3v) is 7.10. The molecule has 21 heavy (non-hydrogen) atoms. The molecule has 0 radical (unpaired) electrons. The van der Waals surface area contributed by atoms with Gasteiger partial charge in [0.1, 0.15) is 4.21 Å². The minimum Gasteiger partial charge on any atom is -0.351 e. The van der Waals surface area contributed by atoms with E-state index in [4.69, 9.17) is 5.73 Å². The average molecular weight is 331 g/mol. The van der Waals surface area contributed by atoms with Crippen LogP contribution in [0.25, 0.3) is 0 Å². The summed E-state index contributed by atoms with van der Waals surface area (Å²) in [6.07, 6.45) is 1.64. The maximum atomic E-state index is 12.6. The first-order valence-electron chi connectivity index (χ1n) is 6.97. The second-order valence-corrected chi connectivity index (χ2v) is 8.55. The highest BCUT2D eigenvalue weighted by Crippen LogP contribution is 2.28. The van der Waals surface area contributed by atoms with Gasteiger partial charge in [-0.05, 0) is 37.4 Å². The van der Waals surface area contributed by atoms with Crippen LogP contribution < -0.4 is 11.1 Å². The standard InChI is InChI=1S/C13H21N3O3S2/c1-10(17)15-9-12-2-3-13(20-12)21(18,19)16-6-4-11(8-14)5-7-16/h2-3,11H,4-9,14H2,1H3,(H,15,17). The molecular weight excluding hydrogens is 310 g/mol. The summed E-state index contributed by atoms with van der Waals surface area (Å²) in [5.41, 5.74) is 5.63. The second kappa shape index (κ2) is 6.87. The van der Waals surface area contributed by atoms with Crippen LogP contribution in [-0.4, -0.2) is 38.3 Å². The second-order valence-electron chi connectivity index (χ2n) is 5.21. The summed E-state index contributed by atoms with van der Waals surface area (Å²) in [5, 5.41) is 2.67. The third kappa shape index (κ3) is 4.03. The molecule has 1 aromatic rings. The summed E-state index contributed by atoms with van der Waals surface area (Å²) in [6, 6.07) is 3.37. The van der Waals surface area contributed by atoms with E-state index in [1.807, 2.05) is 0 Å². The van der Waals surface area contributed by atoms with Crippen LogP contribution in [0.4, 0.5) is 0 Å². The maximum Gasteiger partial charge on any atom is 0.252 e. The van der Waals surface area contributed by atoms with Crippen LogP contribution in [0.3, 0.4) is 0 Å². The molecule has 0 aromatic carbocycles. The van der Waals surface area contributed by atoms with Crippen molar-refractivity contribution in [2.45, 2.75) is 30.5 Å². The number of thiophene rings is 1. The minimum absolute atomic E-state index is 0.128. The molecule has 1 amide bonds. The largest absolute Gasteiger partial charge is 0.351 e. The number of carbonyl (C=O) groups is 1. The summed E-state index contributed by atoms with van der Waals surface area (Å²) in [6.45, 7) is 3.48. The molecule has 0 saturated carbocycles. The van der Waals surface area contributed by atoms with Crippen LogP contribution in [0.2, 0.25) is 0 Å². The molecular formula is C13H21N3O3S2. The van der Waals surface area contributed by atoms with E-state index < -0.39 is 10.0 Å². The van der Waals surface area contributed by atoms with Gasteiger partial charge in [0.15, 0.2) is 0 Å². The van der Waals surface area contributed by atoms with Gasteiger partial charge in [0.05, 0.1) is 6.54 Å². The number of piperidine rings is 1. The Morgan fingerprint density at radius 3 is 2.67 bits per heavy atom. The molecule has 1 aliphatic rings. The Kier molecular flexibility index (Phi) is 5.37. The van der Waals surface area contributed by atoms with E-state index in [2.05, 4.69) is 5.32 Å². The summed E-state index contributed by atoms with van der Waals surface area (Å²) in [7, 11) is -3.41. The number of nitrogens with two attached hydrogens (primary N) is 1. The van der Waals surface area contributed by atoms with Gasteiger partial charge in [0, 0.05) is 24.9 Å². The Morgan fingerprint density at radius 1 is 1.43 bits per heavy atom. The Hall–Kier alpha value is -0.960. The van der Waals surface area contributed by atoms with Crippen LogP contribution in [0, 0.1) is 5.92 Å². The number of hydrogen-bond acceptors (Lipinski definition) is 5. The van der Waals surface area contributed by atoms with E-state index in [1.165, 1.54) is 22.6 Å². The fraction of sp³-hybridized carbons (Fsp3) is 0.615. The lowest BCUT2D eigenvalue weighted by Gasteiger charge is -2.30. The van der Waals surface area contributed by atoms with Crippen molar-refractivity contribution in [3.05, 3.63) is 17.0 Å². The number of carbonyl (C=O) groups excluding carboxylic acids is 1. The summed E-state index contributed by atoms with van der Waals surface area (Å²) >= 11 is 1.21. The van der Waals surface area contributed by atoms with Crippen molar-refractivity contribution in [1.29, 1.82) is 0 Å². The molecule has 0 unspecified atom stereocenters. The number of sulfonamides is 1. The molecule has 1 saturated heterocycles. The zero-order chi connectivity index (χ0) is 15.5. The van der Waals surface area contributed by atoms with Gasteiger partial charge in [0.25, 0.3) is 10.0 Å². The Bertz CT molecular complexity index is 590. The quantitative estimate of drug-likeness (QED) is 0.832. The van der Waals surface area contributed by atoms with Gasteiger partial charge in [-0.3, -0.25) is 4.79 Å². The summed E-state index contributed by atoms with van der Waals surface area (Å²) in [4.78, 5) is 11.7. The molecule has 1 aliphatic heterocycles. The lowest BCUT2D eigenvalue weighted by molar-refractivity contribution is -0.119. The monoisotopic (exact) mass is 331 g/mol. The predicted molar refractivity (Wildman–Crippen MR) is 82.4 cm³/mol. The number of amides is 1. The highest BCUT2D eigenvalue weighted by atomic mass is 32.2. The van der Waals surface area contributed by atoms with Gasteiger partial charge in [-0.2, -0.15) is 4.31 Å². The maximum absolute atomic E-state index is 12.6. The highest BCUT2D eigenvalue weighted by molar-refractivity contribution is 7.91. The van der Waals surface area contributed by atoms with Crippen LogP contribution in [0.1, 0.15) is 24.6 Å². The van der Waals surface area contributed by atoms with E-state index in [-0.39, 0.29) is 5.91 Å². The summed E-state index contributed by atoms with van der Waals surface area (Å²) in [5.74, 6) is 0.298. The minimum atomic E-state index is -3.41. The Labute approximate surface area is 129 Å². The molecule has 1 aromatic heterocycles. The third-order valence-electron chi connectivity index (χ3n) is 3.65. The van der Waals surface area contributed by atoms with Crippen molar-refractivity contribution in [2.24, 2.45) is 11.7 Å². The van der Waals surface area contributed by atoms with Crippen molar-refractivity contribution in [3.8, 4) is 0 Å². The topological polar surface area (TPSA) is 92.5 Å². The highest BCUT2D eigenvalue weighted by Gasteiger charge is 2.29. The molecule has 0 spiro atoms. The molecule has 2 heterocycles. The molecule has 1 fully saturated rings. The smallest absolute Gasteiger partial charge is 0.252 e. The molecule has 0 aliphatic carbocycles. The lowest BCUT2D eigenvalue weighted by Crippen LogP contribution is -2.39. The van der Waals surface area contributed by atoms with E-state index in [0.717, 1.165) is 17.7 Å². The van der Waals surface area contributed by atoms with Crippen LogP contribution in [0.5, 0.6) is 0 Å². The van der Waals surface area contributed by atoms with Crippen molar-refractivity contribution in [1.82, 2.24) is 9.62 Å². The predicted octanol–water partition coefficient (Wildman–Crippen LogP) is 0.744. The van der Waals surface area contributed by atoms with E-state index in [1.54, 1.807) is 12.1 Å². The zero-order valence-electron chi connectivity index (χ0n) is 12.0. The molecule has 0 atom stereocenters. The van der Waals surface area contributed by atoms with Gasteiger partial charge >= 0.3 is 0 Å². The molecule has 2 rings (SSSR count). The van der Waals surface area contributed by atoms with Crippen molar-refractivity contribution < 1.29 is 13.2 Å². The zero-order valence-corrected chi connectivity index (χ0v) is 13.7. The van der Waals surface area contributed by atoms with Gasteiger partial charge in [-0.15, -0.1) is 11.3 Å². The first kappa shape index (κ1) is 16.4. The van der Waals surface area contributed by atoms with Crippen molar-refractivity contribution in [3.63, 3.8) is 0 Å². The lowest BCUT2D eigenvalue weighted by atomic mass is 9.99. The number of hydrogen-bond donors (Lipinski definition) is 2. The fourth-order valence-electron chi connectivity index (χ4n) is 2.32. The number of nitrogens with zero attached hydrogens (tertiary/aromatic N) is 1. The molecule has 8 heteroatoms. The van der Waals surface area contributed by atoms with Gasteiger partial charge in [-0.1, -0.05) is 0 Å². The summed E-state index contributed by atoms with van der Waals surface area (Å²) < 4.78 is 27.0. The first-order chi connectivity index (χ1) is 9.93. The van der Waals surface area contributed by atoms with E-state index in [9.17, 15) is 13.2 Å². The Morgan fingerprint density at radius 2 is 2.10 bits per heavy atom. The van der Waals surface area contributed by atoms with Crippen LogP contribution >= 0.6 is 11.3 Å². The molecule has 3 N–H and O–H groups in total. The fourth-order valence-corrected chi connectivity index (χ4v) is 5.24. The van der Waals surface area contributed by atoms with Gasteiger partial charge in [-0.25, -0.2) is 8.42 Å². The van der Waals surface area contributed by atoms with Gasteiger partial charge in [0.2, 0.25) is 5.91 Å². The molecule has 0 bridgehead atoms. The van der Waals surface area contributed by atoms with Crippen molar-refractivity contribution in [2.75, 3.05) is 19.6 Å². The number of nitrogens with one attached hydrogen (secondary N) is 1. The SMILES string of the molecule is CC(=O)NCc1ccc(S(=O)(=O)N2CCC(CN)CC2)s1. The first-order valence-corrected chi connectivity index (χ1v) is 9.22. The van der Waals surface area contributed by atoms with E-state index >= 15 is 0 Å². The van der Waals surface area contributed by atoms with Crippen LogP contribution in [0.15, 0.2) is 16.3 Å². The van der Waals surface area contributed by atoms with Crippen LogP contribution in [-0.2, 0) is 21.4 Å². The Balaban J connectivity index is 2.04. The molecule has 6 nitrogen and oxygen atoms in total.